The molecule has 6 heteroatoms. The minimum absolute atomic E-state index is 0.0328. The molecule has 25 heavy (non-hydrogen) atoms. The predicted octanol–water partition coefficient (Wildman–Crippen LogP) is 1.31. The van der Waals surface area contributed by atoms with Crippen molar-refractivity contribution in [2.45, 2.75) is 58.1 Å². The van der Waals surface area contributed by atoms with Gasteiger partial charge < -0.3 is 15.4 Å². The van der Waals surface area contributed by atoms with Crippen LogP contribution in [0.3, 0.4) is 0 Å². The molecule has 0 aromatic rings. The van der Waals surface area contributed by atoms with Crippen molar-refractivity contribution in [2.24, 2.45) is 23.2 Å². The maximum absolute atomic E-state index is 12.0. The lowest BCUT2D eigenvalue weighted by atomic mass is 9.48. The molecule has 1 saturated heterocycles. The fourth-order valence-corrected chi connectivity index (χ4v) is 5.04. The third-order valence-electron chi connectivity index (χ3n) is 6.97. The van der Waals surface area contributed by atoms with Gasteiger partial charge in [-0.05, 0) is 36.5 Å². The number of rotatable bonds is 4. The molecule has 2 saturated carbocycles. The highest BCUT2D eigenvalue weighted by Crippen LogP contribution is 2.59. The van der Waals surface area contributed by atoms with Gasteiger partial charge >= 0.3 is 17.8 Å². The highest BCUT2D eigenvalue weighted by atomic mass is 16.6. The van der Waals surface area contributed by atoms with Crippen LogP contribution in [0.4, 0.5) is 0 Å². The minimum atomic E-state index is -0.607. The summed E-state index contributed by atoms with van der Waals surface area (Å²) in [5, 5.41) is 5.46. The summed E-state index contributed by atoms with van der Waals surface area (Å²) in [5.41, 5.74) is 1.81. The van der Waals surface area contributed by atoms with Crippen LogP contribution in [-0.4, -0.2) is 36.5 Å². The summed E-state index contributed by atoms with van der Waals surface area (Å²) in [5.74, 6) is 0.0621. The van der Waals surface area contributed by atoms with Gasteiger partial charge in [0.05, 0.1) is 6.42 Å². The quantitative estimate of drug-likeness (QED) is 0.457. The average molecular weight is 346 g/mol. The Morgan fingerprint density at radius 2 is 2.08 bits per heavy atom. The van der Waals surface area contributed by atoms with Gasteiger partial charge in [-0.3, -0.25) is 14.4 Å². The fraction of sp³-hybridized carbons (Fsp3) is 0.737. The van der Waals surface area contributed by atoms with Crippen LogP contribution < -0.4 is 10.6 Å². The number of hydrogen-bond acceptors (Lipinski definition) is 4. The van der Waals surface area contributed by atoms with Gasteiger partial charge in [0, 0.05) is 24.9 Å². The first-order valence-electron chi connectivity index (χ1n) is 9.33. The first-order valence-corrected chi connectivity index (χ1v) is 9.33. The molecule has 136 valence electrons. The molecule has 6 nitrogen and oxygen atoms in total. The molecule has 5 aliphatic rings. The van der Waals surface area contributed by atoms with E-state index in [1.54, 1.807) is 0 Å². The summed E-state index contributed by atoms with van der Waals surface area (Å²) in [6.07, 6.45) is 6.41. The summed E-state index contributed by atoms with van der Waals surface area (Å²) in [4.78, 5) is 35.2. The first-order chi connectivity index (χ1) is 11.9. The standard InChI is InChI=1S/C19H26N2O4/c1-19(2)11-4-3-10(13(19)7-11)5-6-20-17(23)18(24)21-14-9-15-12(14)8-16(22)25-15/h3,11-15H,4-9H2,1-2H3,(H,20,23)(H,21,24)/t11-,12-,13-,14+,15+/m0/s1. The monoisotopic (exact) mass is 346 g/mol. The molecule has 0 spiro atoms. The van der Waals surface area contributed by atoms with E-state index in [9.17, 15) is 14.4 Å². The molecule has 0 radical (unpaired) electrons. The molecule has 1 heterocycles. The van der Waals surface area contributed by atoms with Gasteiger partial charge in [-0.1, -0.05) is 25.5 Å². The van der Waals surface area contributed by atoms with Gasteiger partial charge in [0.15, 0.2) is 0 Å². The third kappa shape index (κ3) is 2.75. The van der Waals surface area contributed by atoms with E-state index in [0.29, 0.717) is 30.7 Å². The van der Waals surface area contributed by atoms with E-state index in [2.05, 4.69) is 30.6 Å². The van der Waals surface area contributed by atoms with Gasteiger partial charge in [-0.2, -0.15) is 0 Å². The van der Waals surface area contributed by atoms with E-state index in [1.807, 2.05) is 0 Å². The summed E-state index contributed by atoms with van der Waals surface area (Å²) in [6, 6.07) is -0.122. The van der Waals surface area contributed by atoms with Crippen LogP contribution in [0.5, 0.6) is 0 Å². The zero-order valence-electron chi connectivity index (χ0n) is 14.8. The van der Waals surface area contributed by atoms with Crippen molar-refractivity contribution < 1.29 is 19.1 Å². The second-order valence-corrected chi connectivity index (χ2v) is 8.54. The Bertz CT molecular complexity index is 654. The molecule has 4 aliphatic carbocycles. The zero-order valence-corrected chi connectivity index (χ0v) is 14.8. The van der Waals surface area contributed by atoms with Gasteiger partial charge in [0.1, 0.15) is 6.10 Å². The molecule has 0 unspecified atom stereocenters. The van der Waals surface area contributed by atoms with E-state index < -0.39 is 11.8 Å². The largest absolute Gasteiger partial charge is 0.462 e. The highest BCUT2D eigenvalue weighted by Gasteiger charge is 2.51. The van der Waals surface area contributed by atoms with Crippen LogP contribution in [0.2, 0.25) is 0 Å². The summed E-state index contributed by atoms with van der Waals surface area (Å²) >= 11 is 0. The molecule has 3 fully saturated rings. The topological polar surface area (TPSA) is 84.5 Å². The molecule has 2 amide bonds. The van der Waals surface area contributed by atoms with Crippen LogP contribution in [0.25, 0.3) is 0 Å². The van der Waals surface area contributed by atoms with Crippen molar-refractivity contribution >= 4 is 17.8 Å². The summed E-state index contributed by atoms with van der Waals surface area (Å²) in [7, 11) is 0. The Balaban J connectivity index is 1.20. The van der Waals surface area contributed by atoms with E-state index in [-0.39, 0.29) is 24.0 Å². The number of nitrogens with one attached hydrogen (secondary N) is 2. The summed E-state index contributed by atoms with van der Waals surface area (Å²) < 4.78 is 5.10. The SMILES string of the molecule is CC1(C)[C@H]2CC=C(CCNC(=O)C(=O)N[C@@H]3C[C@H]4OC(=O)C[C@@H]34)[C@@H]1C2. The smallest absolute Gasteiger partial charge is 0.309 e. The van der Waals surface area contributed by atoms with E-state index in [0.717, 1.165) is 18.8 Å². The van der Waals surface area contributed by atoms with E-state index in [4.69, 9.17) is 4.74 Å². The Hall–Kier alpha value is -1.85. The van der Waals surface area contributed by atoms with Crippen LogP contribution in [-0.2, 0) is 19.1 Å². The Kier molecular flexibility index (Phi) is 3.89. The van der Waals surface area contributed by atoms with Gasteiger partial charge in [-0.15, -0.1) is 0 Å². The van der Waals surface area contributed by atoms with E-state index >= 15 is 0 Å². The predicted molar refractivity (Wildman–Crippen MR) is 90.2 cm³/mol. The van der Waals surface area contributed by atoms with Crippen molar-refractivity contribution in [2.75, 3.05) is 6.54 Å². The van der Waals surface area contributed by atoms with Crippen molar-refractivity contribution in [3.05, 3.63) is 11.6 Å². The van der Waals surface area contributed by atoms with Crippen LogP contribution >= 0.6 is 0 Å². The normalized spacial score (nSPS) is 37.0. The molecule has 2 N–H and O–H groups in total. The minimum Gasteiger partial charge on any atom is -0.462 e. The summed E-state index contributed by atoms with van der Waals surface area (Å²) in [6.45, 7) is 5.15. The molecular formula is C19H26N2O4. The lowest BCUT2D eigenvalue weighted by Gasteiger charge is -2.56. The molecule has 5 rings (SSSR count). The van der Waals surface area contributed by atoms with Crippen molar-refractivity contribution in [3.8, 4) is 0 Å². The van der Waals surface area contributed by atoms with Crippen LogP contribution in [0.15, 0.2) is 11.6 Å². The average Bonchev–Trinajstić information content (AvgIpc) is 2.87. The number of ether oxygens (including phenoxy) is 1. The number of hydrogen-bond donors (Lipinski definition) is 2. The highest BCUT2D eigenvalue weighted by molar-refractivity contribution is 6.35. The van der Waals surface area contributed by atoms with Gasteiger partial charge in [-0.25, -0.2) is 0 Å². The van der Waals surface area contributed by atoms with Gasteiger partial charge in [0.2, 0.25) is 0 Å². The molecular weight excluding hydrogens is 320 g/mol. The first kappa shape index (κ1) is 16.6. The third-order valence-corrected chi connectivity index (χ3v) is 6.97. The second-order valence-electron chi connectivity index (χ2n) is 8.54. The van der Waals surface area contributed by atoms with Crippen LogP contribution in [0.1, 0.15) is 46.0 Å². The lowest BCUT2D eigenvalue weighted by molar-refractivity contribution is -0.145. The van der Waals surface area contributed by atoms with E-state index in [1.165, 1.54) is 12.0 Å². The number of amides is 2. The fourth-order valence-electron chi connectivity index (χ4n) is 5.04. The van der Waals surface area contributed by atoms with Crippen LogP contribution in [0, 0.1) is 23.2 Å². The van der Waals surface area contributed by atoms with Crippen molar-refractivity contribution in [1.82, 2.24) is 10.6 Å². The molecule has 0 aromatic heterocycles. The Morgan fingerprint density at radius 1 is 1.28 bits per heavy atom. The Morgan fingerprint density at radius 3 is 2.76 bits per heavy atom. The second kappa shape index (κ2) is 5.85. The number of fused-ring (bicyclic) bond motifs is 2. The lowest BCUT2D eigenvalue weighted by Crippen LogP contribution is -2.56. The van der Waals surface area contributed by atoms with Gasteiger partial charge in [0.25, 0.3) is 0 Å². The maximum Gasteiger partial charge on any atom is 0.309 e. The molecule has 0 aromatic carbocycles. The number of carbonyl (C=O) groups is 3. The maximum atomic E-state index is 12.0. The number of esters is 1. The molecule has 2 bridgehead atoms. The van der Waals surface area contributed by atoms with Crippen molar-refractivity contribution in [3.63, 3.8) is 0 Å². The molecule has 5 atom stereocenters. The Labute approximate surface area is 147 Å². The molecule has 1 aliphatic heterocycles. The number of allylic oxidation sites excluding steroid dienone is 1. The number of carbonyl (C=O) groups excluding carboxylic acids is 3. The zero-order chi connectivity index (χ0) is 17.8. The van der Waals surface area contributed by atoms with Crippen molar-refractivity contribution in [1.29, 1.82) is 0 Å².